The highest BCUT2D eigenvalue weighted by Crippen LogP contribution is 2.49. The van der Waals surface area contributed by atoms with Gasteiger partial charge in [0.05, 0.1) is 23.9 Å². The minimum Gasteiger partial charge on any atom is -0.465 e. The lowest BCUT2D eigenvalue weighted by Gasteiger charge is -2.29. The summed E-state index contributed by atoms with van der Waals surface area (Å²) in [5.74, 6) is -0.117. The summed E-state index contributed by atoms with van der Waals surface area (Å²) in [6.45, 7) is 2.20. The molecule has 4 rings (SSSR count). The third kappa shape index (κ3) is 2.96. The molecule has 1 aliphatic carbocycles. The lowest BCUT2D eigenvalue weighted by Crippen LogP contribution is -2.36. The van der Waals surface area contributed by atoms with E-state index in [4.69, 9.17) is 9.47 Å². The number of aromatic nitrogens is 1. The number of alkyl halides is 3. The third-order valence-corrected chi connectivity index (χ3v) is 5.46. The van der Waals surface area contributed by atoms with Crippen molar-refractivity contribution in [1.29, 1.82) is 0 Å². The van der Waals surface area contributed by atoms with E-state index in [-0.39, 0.29) is 17.4 Å². The Bertz CT molecular complexity index is 743. The zero-order valence-electron chi connectivity index (χ0n) is 14.3. The normalized spacial score (nSPS) is 31.7. The molecule has 0 N–H and O–H groups in total. The van der Waals surface area contributed by atoms with Crippen LogP contribution in [0.4, 0.5) is 18.9 Å². The predicted octanol–water partition coefficient (Wildman–Crippen LogP) is 3.25. The van der Waals surface area contributed by atoms with Crippen LogP contribution in [0.1, 0.15) is 26.2 Å². The van der Waals surface area contributed by atoms with Gasteiger partial charge in [-0.2, -0.15) is 13.2 Å². The maximum Gasteiger partial charge on any atom is 0.425 e. The molecule has 1 aromatic rings. The molecular formula is C18H19F3N2O3. The van der Waals surface area contributed by atoms with Crippen molar-refractivity contribution in [1.82, 2.24) is 4.98 Å². The number of hydrogen-bond acceptors (Lipinski definition) is 4. The Morgan fingerprint density at radius 1 is 1.27 bits per heavy atom. The number of epoxide rings is 1. The molecule has 3 heterocycles. The molecule has 0 aromatic carbocycles. The molecule has 0 bridgehead atoms. The molecule has 8 heteroatoms. The van der Waals surface area contributed by atoms with Gasteiger partial charge in [-0.15, -0.1) is 0 Å². The summed E-state index contributed by atoms with van der Waals surface area (Å²) >= 11 is 0. The number of pyridine rings is 1. The molecule has 0 radical (unpaired) electrons. The van der Waals surface area contributed by atoms with Crippen molar-refractivity contribution in [2.24, 2.45) is 5.41 Å². The highest BCUT2D eigenvalue weighted by molar-refractivity contribution is 6.01. The number of carbonyl (C=O) groups excluding carboxylic acids is 1. The Morgan fingerprint density at radius 3 is 2.58 bits per heavy atom. The van der Waals surface area contributed by atoms with Crippen molar-refractivity contribution >= 4 is 11.6 Å². The molecule has 3 aliphatic rings. The van der Waals surface area contributed by atoms with Crippen molar-refractivity contribution in [3.8, 4) is 5.88 Å². The quantitative estimate of drug-likeness (QED) is 0.607. The van der Waals surface area contributed by atoms with Crippen LogP contribution in [-0.4, -0.2) is 41.9 Å². The molecule has 0 saturated carbocycles. The molecule has 2 fully saturated rings. The molecule has 1 amide bonds. The Kier molecular flexibility index (Phi) is 3.80. The lowest BCUT2D eigenvalue weighted by molar-refractivity contribution is -0.189. The first-order chi connectivity index (χ1) is 12.2. The van der Waals surface area contributed by atoms with Gasteiger partial charge in [-0.1, -0.05) is 12.2 Å². The molecule has 2 aliphatic heterocycles. The maximum atomic E-state index is 12.9. The Morgan fingerprint density at radius 2 is 2.04 bits per heavy atom. The van der Waals surface area contributed by atoms with E-state index in [0.29, 0.717) is 18.7 Å². The van der Waals surface area contributed by atoms with E-state index in [0.717, 1.165) is 26.4 Å². The van der Waals surface area contributed by atoms with Crippen LogP contribution in [0, 0.1) is 5.41 Å². The second kappa shape index (κ2) is 5.70. The summed E-state index contributed by atoms with van der Waals surface area (Å²) in [5.41, 5.74) is -0.0819. The van der Waals surface area contributed by atoms with Gasteiger partial charge in [0.2, 0.25) is 11.8 Å². The zero-order chi connectivity index (χ0) is 18.6. The van der Waals surface area contributed by atoms with Crippen LogP contribution in [0.15, 0.2) is 30.5 Å². The molecule has 140 valence electrons. The number of nitrogens with zero attached hydrogens (tertiary/aromatic N) is 2. The minimum absolute atomic E-state index is 0.00313. The van der Waals surface area contributed by atoms with E-state index >= 15 is 0 Å². The van der Waals surface area contributed by atoms with Crippen LogP contribution < -0.4 is 9.64 Å². The maximum absolute atomic E-state index is 12.9. The van der Waals surface area contributed by atoms with E-state index in [1.165, 1.54) is 12.3 Å². The number of amides is 1. The van der Waals surface area contributed by atoms with Crippen LogP contribution in [0.2, 0.25) is 0 Å². The first-order valence-electron chi connectivity index (χ1n) is 8.59. The smallest absolute Gasteiger partial charge is 0.425 e. The average Bonchev–Trinajstić information content (AvgIpc) is 3.29. The third-order valence-electron chi connectivity index (χ3n) is 5.46. The van der Waals surface area contributed by atoms with E-state index in [9.17, 15) is 18.0 Å². The fraction of sp³-hybridized carbons (Fsp3) is 0.556. The largest absolute Gasteiger partial charge is 0.465 e. The van der Waals surface area contributed by atoms with Crippen LogP contribution in [0.25, 0.3) is 0 Å². The van der Waals surface area contributed by atoms with Gasteiger partial charge in [-0.05, 0) is 32.3 Å². The number of hydrogen-bond donors (Lipinski definition) is 0. The second-order valence-corrected chi connectivity index (χ2v) is 7.21. The van der Waals surface area contributed by atoms with Crippen LogP contribution >= 0.6 is 0 Å². The first kappa shape index (κ1) is 17.3. The number of halogens is 3. The molecule has 1 aromatic heterocycles. The molecular weight excluding hydrogens is 349 g/mol. The van der Waals surface area contributed by atoms with Gasteiger partial charge in [0.1, 0.15) is 5.60 Å². The molecule has 2 unspecified atom stereocenters. The molecule has 2 saturated heterocycles. The number of carbonyl (C=O) groups is 1. The minimum atomic E-state index is -4.45. The highest BCUT2D eigenvalue weighted by Gasteiger charge is 2.53. The predicted molar refractivity (Wildman–Crippen MR) is 86.8 cm³/mol. The van der Waals surface area contributed by atoms with E-state index in [1.807, 2.05) is 12.2 Å². The van der Waals surface area contributed by atoms with Crippen molar-refractivity contribution in [3.63, 3.8) is 0 Å². The summed E-state index contributed by atoms with van der Waals surface area (Å²) in [6.07, 6.45) is 1.26. The molecule has 5 nitrogen and oxygen atoms in total. The van der Waals surface area contributed by atoms with Gasteiger partial charge in [0.15, 0.2) is 6.10 Å². The Labute approximate surface area is 148 Å². The monoisotopic (exact) mass is 368 g/mol. The fourth-order valence-corrected chi connectivity index (χ4v) is 3.52. The van der Waals surface area contributed by atoms with E-state index in [2.05, 4.69) is 4.98 Å². The molecule has 3 atom stereocenters. The SMILES string of the molecule is C[C@H](Oc1ccc(N2CCC3(C=CC4(CC3)CO4)C2=O)cn1)C(F)(F)F. The summed E-state index contributed by atoms with van der Waals surface area (Å²) in [5, 5.41) is 0. The standard InChI is InChI=1S/C18H19F3N2O3/c1-12(18(19,20)21)26-14-3-2-13(10-22-14)23-9-8-16(15(23)24)4-6-17(7-5-16)11-25-17/h2-4,6,10,12H,5,7-9,11H2,1H3/t12-,16?,17?/m0/s1. The van der Waals surface area contributed by atoms with Crippen LogP contribution in [0.3, 0.4) is 0 Å². The fourth-order valence-electron chi connectivity index (χ4n) is 3.52. The van der Waals surface area contributed by atoms with Gasteiger partial charge in [-0.3, -0.25) is 4.79 Å². The van der Waals surface area contributed by atoms with Crippen molar-refractivity contribution in [3.05, 3.63) is 30.5 Å². The number of anilines is 1. The Balaban J connectivity index is 1.46. The van der Waals surface area contributed by atoms with E-state index in [1.54, 1.807) is 11.0 Å². The summed E-state index contributed by atoms with van der Waals surface area (Å²) in [6, 6.07) is 2.93. The van der Waals surface area contributed by atoms with Crippen molar-refractivity contribution in [2.45, 2.75) is 44.1 Å². The summed E-state index contributed by atoms with van der Waals surface area (Å²) in [4.78, 5) is 18.5. The van der Waals surface area contributed by atoms with Gasteiger partial charge >= 0.3 is 6.18 Å². The van der Waals surface area contributed by atoms with Gasteiger partial charge in [0, 0.05) is 12.6 Å². The van der Waals surface area contributed by atoms with Crippen LogP contribution in [0.5, 0.6) is 5.88 Å². The molecule has 2 spiro atoms. The average molecular weight is 368 g/mol. The second-order valence-electron chi connectivity index (χ2n) is 7.21. The van der Waals surface area contributed by atoms with Gasteiger partial charge in [0.25, 0.3) is 0 Å². The Hall–Kier alpha value is -2.09. The zero-order valence-corrected chi connectivity index (χ0v) is 14.3. The first-order valence-corrected chi connectivity index (χ1v) is 8.59. The topological polar surface area (TPSA) is 55.0 Å². The summed E-state index contributed by atoms with van der Waals surface area (Å²) < 4.78 is 47.9. The summed E-state index contributed by atoms with van der Waals surface area (Å²) in [7, 11) is 0. The van der Waals surface area contributed by atoms with Gasteiger partial charge < -0.3 is 14.4 Å². The lowest BCUT2D eigenvalue weighted by atomic mass is 9.74. The molecule has 26 heavy (non-hydrogen) atoms. The van der Waals surface area contributed by atoms with Gasteiger partial charge in [-0.25, -0.2) is 4.98 Å². The van der Waals surface area contributed by atoms with Crippen LogP contribution in [-0.2, 0) is 9.53 Å². The number of rotatable bonds is 3. The number of ether oxygens (including phenoxy) is 2. The highest BCUT2D eigenvalue weighted by atomic mass is 19.4. The van der Waals surface area contributed by atoms with Crippen molar-refractivity contribution < 1.29 is 27.4 Å². The van der Waals surface area contributed by atoms with Crippen molar-refractivity contribution in [2.75, 3.05) is 18.1 Å². The van der Waals surface area contributed by atoms with E-state index < -0.39 is 17.7 Å².